The van der Waals surface area contributed by atoms with Gasteiger partial charge < -0.3 is 20.8 Å². The lowest BCUT2D eigenvalue weighted by Gasteiger charge is -2.03. The van der Waals surface area contributed by atoms with Crippen LogP contribution in [-0.4, -0.2) is 35.7 Å². The molecule has 7 heteroatoms. The van der Waals surface area contributed by atoms with E-state index in [4.69, 9.17) is 10.2 Å². The van der Waals surface area contributed by atoms with Gasteiger partial charge in [-0.05, 0) is 0 Å². The number of carbonyl (C=O) groups is 2. The Kier molecular flexibility index (Phi) is 4.78. The molecule has 64 valence electrons. The lowest BCUT2D eigenvalue weighted by Crippen LogP contribution is -2.45. The Morgan fingerprint density at radius 2 is 1.36 bits per heavy atom. The Balaban J connectivity index is 3.49. The molecule has 0 spiro atoms. The second-order valence-electron chi connectivity index (χ2n) is 1.45. The zero-order chi connectivity index (χ0) is 8.69. The largest absolute Gasteiger partial charge is 0.376 e. The highest BCUT2D eigenvalue weighted by Crippen LogP contribution is 1.64. The normalized spacial score (nSPS) is 8.55. The van der Waals surface area contributed by atoms with E-state index in [1.54, 1.807) is 5.32 Å². The van der Waals surface area contributed by atoms with Gasteiger partial charge in [-0.1, -0.05) is 0 Å². The Hall–Kier alpha value is -1.34. The minimum atomic E-state index is -0.835. The fourth-order valence-corrected chi connectivity index (χ4v) is 0.335. The van der Waals surface area contributed by atoms with Gasteiger partial charge in [-0.2, -0.15) is 0 Å². The van der Waals surface area contributed by atoms with E-state index in [-0.39, 0.29) is 0 Å². The van der Waals surface area contributed by atoms with Crippen LogP contribution in [0.15, 0.2) is 0 Å². The van der Waals surface area contributed by atoms with Crippen LogP contribution in [0.1, 0.15) is 0 Å². The summed E-state index contributed by atoms with van der Waals surface area (Å²) in [5.41, 5.74) is 0. The van der Waals surface area contributed by atoms with Crippen molar-refractivity contribution < 1.29 is 19.8 Å². The highest BCUT2D eigenvalue weighted by atomic mass is 16.3. The number of aliphatic hydroxyl groups excluding tert-OH is 2. The summed E-state index contributed by atoms with van der Waals surface area (Å²) >= 11 is 0. The van der Waals surface area contributed by atoms with E-state index in [1.807, 2.05) is 10.6 Å². The summed E-state index contributed by atoms with van der Waals surface area (Å²) in [7, 11) is 0. The number of amides is 4. The summed E-state index contributed by atoms with van der Waals surface area (Å²) in [6.45, 7) is -1.11. The maximum atomic E-state index is 10.4. The van der Waals surface area contributed by atoms with E-state index >= 15 is 0 Å². The SMILES string of the molecule is O=C(NCO)NC(=O)NCO. The molecule has 0 aromatic carbocycles. The maximum absolute atomic E-state index is 10.4. The van der Waals surface area contributed by atoms with E-state index in [0.29, 0.717) is 0 Å². The molecule has 5 N–H and O–H groups in total. The maximum Gasteiger partial charge on any atom is 0.324 e. The van der Waals surface area contributed by atoms with Crippen molar-refractivity contribution >= 4 is 12.1 Å². The van der Waals surface area contributed by atoms with Crippen LogP contribution in [0.25, 0.3) is 0 Å². The van der Waals surface area contributed by atoms with Crippen molar-refractivity contribution in [3.63, 3.8) is 0 Å². The minimum absolute atomic E-state index is 0.557. The summed E-state index contributed by atoms with van der Waals surface area (Å²) in [6.07, 6.45) is 0. The van der Waals surface area contributed by atoms with Gasteiger partial charge in [-0.3, -0.25) is 5.32 Å². The molecule has 0 aromatic heterocycles. The molecule has 0 rings (SSSR count). The standard InChI is InChI=1S/C4H9N3O4/c8-1-5-3(10)7-4(11)6-2-9/h8-9H,1-2H2,(H3,5,6,7,10,11). The van der Waals surface area contributed by atoms with E-state index in [9.17, 15) is 9.59 Å². The fraction of sp³-hybridized carbons (Fsp3) is 0.500. The number of imide groups is 1. The molecule has 0 bridgehead atoms. The molecule has 0 aliphatic rings. The molecule has 0 radical (unpaired) electrons. The van der Waals surface area contributed by atoms with Gasteiger partial charge >= 0.3 is 12.1 Å². The van der Waals surface area contributed by atoms with Crippen LogP contribution < -0.4 is 16.0 Å². The van der Waals surface area contributed by atoms with Gasteiger partial charge in [0.25, 0.3) is 0 Å². The van der Waals surface area contributed by atoms with Crippen molar-refractivity contribution in [3.8, 4) is 0 Å². The number of urea groups is 2. The van der Waals surface area contributed by atoms with E-state index < -0.39 is 25.5 Å². The molecule has 11 heavy (non-hydrogen) atoms. The van der Waals surface area contributed by atoms with Gasteiger partial charge in [0.15, 0.2) is 0 Å². The summed E-state index contributed by atoms with van der Waals surface area (Å²) in [5.74, 6) is 0. The van der Waals surface area contributed by atoms with Crippen LogP contribution in [0.5, 0.6) is 0 Å². The Bertz CT molecular complexity index is 132. The third-order valence-corrected chi connectivity index (χ3v) is 0.706. The highest BCUT2D eigenvalue weighted by Gasteiger charge is 2.03. The summed E-state index contributed by atoms with van der Waals surface area (Å²) < 4.78 is 0. The first-order chi connectivity index (χ1) is 5.20. The average Bonchev–Trinajstić information content (AvgIpc) is 1.87. The zero-order valence-corrected chi connectivity index (χ0v) is 5.63. The third-order valence-electron chi connectivity index (χ3n) is 0.706. The first kappa shape index (κ1) is 9.66. The molecule has 0 aliphatic carbocycles. The number of hydrogen-bond donors (Lipinski definition) is 5. The summed E-state index contributed by atoms with van der Waals surface area (Å²) in [6, 6.07) is -1.67. The van der Waals surface area contributed by atoms with Crippen molar-refractivity contribution in [2.75, 3.05) is 13.5 Å². The Morgan fingerprint density at radius 1 is 1.00 bits per heavy atom. The molecule has 0 atom stereocenters. The molecule has 0 aliphatic heterocycles. The molecule has 7 nitrogen and oxygen atoms in total. The van der Waals surface area contributed by atoms with Gasteiger partial charge in [0.1, 0.15) is 13.5 Å². The van der Waals surface area contributed by atoms with Crippen LogP contribution in [0.3, 0.4) is 0 Å². The molecule has 0 saturated carbocycles. The predicted molar refractivity (Wildman–Crippen MR) is 34.4 cm³/mol. The molecule has 4 amide bonds. The van der Waals surface area contributed by atoms with Crippen LogP contribution in [0, 0.1) is 0 Å². The minimum Gasteiger partial charge on any atom is -0.376 e. The van der Waals surface area contributed by atoms with E-state index in [2.05, 4.69) is 0 Å². The molecule has 0 saturated heterocycles. The first-order valence-corrected chi connectivity index (χ1v) is 2.75. The molecular weight excluding hydrogens is 154 g/mol. The molecule has 0 aromatic rings. The van der Waals surface area contributed by atoms with Crippen LogP contribution in [0.4, 0.5) is 9.59 Å². The number of hydrogen-bond acceptors (Lipinski definition) is 4. The second kappa shape index (κ2) is 5.45. The number of aliphatic hydroxyl groups is 2. The van der Waals surface area contributed by atoms with Crippen LogP contribution in [0.2, 0.25) is 0 Å². The Labute approximate surface area is 62.4 Å². The van der Waals surface area contributed by atoms with Gasteiger partial charge in [0.2, 0.25) is 0 Å². The van der Waals surface area contributed by atoms with Gasteiger partial charge in [0.05, 0.1) is 0 Å². The molecule has 0 unspecified atom stereocenters. The smallest absolute Gasteiger partial charge is 0.324 e. The number of nitrogens with one attached hydrogen (secondary N) is 3. The predicted octanol–water partition coefficient (Wildman–Crippen LogP) is -2.11. The van der Waals surface area contributed by atoms with E-state index in [0.717, 1.165) is 0 Å². The van der Waals surface area contributed by atoms with Gasteiger partial charge in [0, 0.05) is 0 Å². The molecule has 0 fully saturated rings. The topological polar surface area (TPSA) is 111 Å². The third kappa shape index (κ3) is 5.12. The Morgan fingerprint density at radius 3 is 1.64 bits per heavy atom. The van der Waals surface area contributed by atoms with Crippen molar-refractivity contribution in [1.29, 1.82) is 0 Å². The zero-order valence-electron chi connectivity index (χ0n) is 5.63. The number of rotatable bonds is 2. The van der Waals surface area contributed by atoms with E-state index in [1.165, 1.54) is 0 Å². The lowest BCUT2D eigenvalue weighted by atomic mass is 10.8. The molecule has 0 heterocycles. The summed E-state index contributed by atoms with van der Waals surface area (Å²) in [4.78, 5) is 20.8. The van der Waals surface area contributed by atoms with Crippen LogP contribution in [-0.2, 0) is 0 Å². The lowest BCUT2D eigenvalue weighted by molar-refractivity contribution is 0.205. The number of carbonyl (C=O) groups excluding carboxylic acids is 2. The van der Waals surface area contributed by atoms with Crippen molar-refractivity contribution in [3.05, 3.63) is 0 Å². The fourth-order valence-electron chi connectivity index (χ4n) is 0.335. The highest BCUT2D eigenvalue weighted by molar-refractivity contribution is 5.93. The molecular formula is C4H9N3O4. The van der Waals surface area contributed by atoms with Gasteiger partial charge in [-0.25, -0.2) is 9.59 Å². The quantitative estimate of drug-likeness (QED) is 0.300. The van der Waals surface area contributed by atoms with Crippen molar-refractivity contribution in [2.24, 2.45) is 0 Å². The first-order valence-electron chi connectivity index (χ1n) is 2.75. The second-order valence-corrected chi connectivity index (χ2v) is 1.45. The summed E-state index contributed by atoms with van der Waals surface area (Å²) in [5, 5.41) is 21.8. The van der Waals surface area contributed by atoms with Crippen LogP contribution >= 0.6 is 0 Å². The van der Waals surface area contributed by atoms with Crippen molar-refractivity contribution in [1.82, 2.24) is 16.0 Å². The monoisotopic (exact) mass is 163 g/mol. The van der Waals surface area contributed by atoms with Gasteiger partial charge in [-0.15, -0.1) is 0 Å². The average molecular weight is 163 g/mol. The van der Waals surface area contributed by atoms with Crippen molar-refractivity contribution in [2.45, 2.75) is 0 Å².